The Labute approximate surface area is 140 Å². The number of nitrogens with two attached hydrogens (primary N) is 1. The van der Waals surface area contributed by atoms with Gasteiger partial charge in [0.25, 0.3) is 5.91 Å². The number of benzene rings is 1. The molecule has 1 aliphatic rings. The molecule has 0 fully saturated rings. The van der Waals surface area contributed by atoms with Gasteiger partial charge in [-0.05, 0) is 48.2 Å². The lowest BCUT2D eigenvalue weighted by molar-refractivity contribution is -0.119. The quantitative estimate of drug-likeness (QED) is 0.907. The molecule has 2 amide bonds. The van der Waals surface area contributed by atoms with E-state index in [1.54, 1.807) is 25.4 Å². The molecule has 0 radical (unpaired) electrons. The maximum absolute atomic E-state index is 12.9. The van der Waals surface area contributed by atoms with E-state index in [-0.39, 0.29) is 18.5 Å². The summed E-state index contributed by atoms with van der Waals surface area (Å²) in [5.74, 6) is 0.0132. The molecule has 1 atom stereocenters. The molecule has 124 valence electrons. The van der Waals surface area contributed by atoms with Crippen molar-refractivity contribution >= 4 is 11.8 Å². The molecule has 2 aromatic rings. The van der Waals surface area contributed by atoms with E-state index >= 15 is 0 Å². The van der Waals surface area contributed by atoms with Gasteiger partial charge in [-0.1, -0.05) is 6.07 Å². The predicted molar refractivity (Wildman–Crippen MR) is 88.5 cm³/mol. The van der Waals surface area contributed by atoms with Crippen molar-refractivity contribution < 1.29 is 14.3 Å². The van der Waals surface area contributed by atoms with Crippen LogP contribution < -0.4 is 10.5 Å². The van der Waals surface area contributed by atoms with Crippen molar-refractivity contribution in [3.63, 3.8) is 0 Å². The molecular formula is C18H19N3O3. The van der Waals surface area contributed by atoms with E-state index in [0.717, 1.165) is 29.7 Å². The van der Waals surface area contributed by atoms with E-state index in [2.05, 4.69) is 4.98 Å². The lowest BCUT2D eigenvalue weighted by Gasteiger charge is -2.28. The summed E-state index contributed by atoms with van der Waals surface area (Å²) in [5, 5.41) is 0. The van der Waals surface area contributed by atoms with Crippen LogP contribution in [0.25, 0.3) is 0 Å². The van der Waals surface area contributed by atoms with E-state index in [1.165, 1.54) is 11.1 Å². The molecule has 6 heteroatoms. The van der Waals surface area contributed by atoms with Crippen LogP contribution in [-0.4, -0.2) is 35.4 Å². The van der Waals surface area contributed by atoms with Crippen molar-refractivity contribution in [3.05, 3.63) is 59.4 Å². The van der Waals surface area contributed by atoms with Crippen molar-refractivity contribution in [2.45, 2.75) is 18.9 Å². The van der Waals surface area contributed by atoms with Crippen LogP contribution >= 0.6 is 0 Å². The fraction of sp³-hybridized carbons (Fsp3) is 0.278. The van der Waals surface area contributed by atoms with Crippen LogP contribution in [0.4, 0.5) is 0 Å². The second kappa shape index (κ2) is 6.70. The summed E-state index contributed by atoms with van der Waals surface area (Å²) in [6.45, 7) is -0.121. The summed E-state index contributed by atoms with van der Waals surface area (Å²) in [5.41, 5.74) is 7.99. The highest BCUT2D eigenvalue weighted by molar-refractivity contribution is 5.96. The number of nitrogens with zero attached hydrogens (tertiary/aromatic N) is 2. The fourth-order valence-electron chi connectivity index (χ4n) is 3.17. The number of methoxy groups -OCH3 is 1. The number of hydrogen-bond acceptors (Lipinski definition) is 4. The van der Waals surface area contributed by atoms with Gasteiger partial charge in [0.05, 0.1) is 18.7 Å². The number of hydrogen-bond donors (Lipinski definition) is 1. The zero-order chi connectivity index (χ0) is 17.1. The molecule has 1 aromatic heterocycles. The van der Waals surface area contributed by atoms with Gasteiger partial charge in [-0.15, -0.1) is 0 Å². The van der Waals surface area contributed by atoms with Crippen LogP contribution in [0.5, 0.6) is 5.75 Å². The highest BCUT2D eigenvalue weighted by Gasteiger charge is 2.32. The Morgan fingerprint density at radius 1 is 1.38 bits per heavy atom. The minimum Gasteiger partial charge on any atom is -0.497 e. The van der Waals surface area contributed by atoms with Crippen LogP contribution in [0.15, 0.2) is 42.7 Å². The first kappa shape index (κ1) is 16.0. The Balaban J connectivity index is 1.94. The molecule has 0 saturated heterocycles. The van der Waals surface area contributed by atoms with Crippen molar-refractivity contribution in [2.75, 3.05) is 13.7 Å². The zero-order valence-electron chi connectivity index (χ0n) is 13.4. The smallest absolute Gasteiger partial charge is 0.256 e. The predicted octanol–water partition coefficient (Wildman–Crippen LogP) is 1.71. The largest absolute Gasteiger partial charge is 0.497 e. The molecule has 0 aliphatic heterocycles. The van der Waals surface area contributed by atoms with Crippen molar-refractivity contribution in [1.29, 1.82) is 0 Å². The first-order valence-electron chi connectivity index (χ1n) is 7.76. The Bertz CT molecular complexity index is 761. The van der Waals surface area contributed by atoms with Crippen LogP contribution in [0.3, 0.4) is 0 Å². The standard InChI is InChI=1S/C18H19N3O3/c1-24-14-5-6-15-12(9-14)4-7-16(15)21(11-17(19)22)18(23)13-3-2-8-20-10-13/h2-3,5-6,8-10,16H,4,7,11H2,1H3,(H2,19,22). The lowest BCUT2D eigenvalue weighted by Crippen LogP contribution is -2.40. The van der Waals surface area contributed by atoms with Crippen LogP contribution in [0.1, 0.15) is 33.9 Å². The summed E-state index contributed by atoms with van der Waals surface area (Å²) in [4.78, 5) is 29.9. The van der Waals surface area contributed by atoms with Crippen LogP contribution in [0.2, 0.25) is 0 Å². The van der Waals surface area contributed by atoms with E-state index in [9.17, 15) is 9.59 Å². The molecule has 0 bridgehead atoms. The minimum atomic E-state index is -0.533. The van der Waals surface area contributed by atoms with Gasteiger partial charge in [-0.2, -0.15) is 0 Å². The number of carbonyl (C=O) groups excluding carboxylic acids is 2. The third-order valence-corrected chi connectivity index (χ3v) is 4.27. The van der Waals surface area contributed by atoms with Gasteiger partial charge in [0, 0.05) is 12.4 Å². The topological polar surface area (TPSA) is 85.5 Å². The maximum Gasteiger partial charge on any atom is 0.256 e. The third kappa shape index (κ3) is 3.08. The number of primary amides is 1. The Hall–Kier alpha value is -2.89. The minimum absolute atomic E-state index is 0.121. The number of fused-ring (bicyclic) bond motifs is 1. The highest BCUT2D eigenvalue weighted by Crippen LogP contribution is 2.38. The Morgan fingerprint density at radius 3 is 2.88 bits per heavy atom. The summed E-state index contributed by atoms with van der Waals surface area (Å²) in [7, 11) is 1.62. The van der Waals surface area contributed by atoms with Gasteiger partial charge in [0.15, 0.2) is 0 Å². The number of aromatic nitrogens is 1. The van der Waals surface area contributed by atoms with Gasteiger partial charge in [-0.25, -0.2) is 0 Å². The highest BCUT2D eigenvalue weighted by atomic mass is 16.5. The number of ether oxygens (including phenoxy) is 1. The summed E-state index contributed by atoms with van der Waals surface area (Å²) in [6, 6.07) is 9.01. The van der Waals surface area contributed by atoms with E-state index in [0.29, 0.717) is 5.56 Å². The van der Waals surface area contributed by atoms with Gasteiger partial charge >= 0.3 is 0 Å². The second-order valence-electron chi connectivity index (χ2n) is 5.76. The molecule has 2 N–H and O–H groups in total. The van der Waals surface area contributed by atoms with E-state index in [1.807, 2.05) is 18.2 Å². The average molecular weight is 325 g/mol. The number of carbonyl (C=O) groups is 2. The van der Waals surface area contributed by atoms with Gasteiger partial charge in [-0.3, -0.25) is 14.6 Å². The second-order valence-corrected chi connectivity index (χ2v) is 5.76. The molecule has 24 heavy (non-hydrogen) atoms. The summed E-state index contributed by atoms with van der Waals surface area (Å²) in [6.07, 6.45) is 4.68. The monoisotopic (exact) mass is 325 g/mol. The fourth-order valence-corrected chi connectivity index (χ4v) is 3.17. The van der Waals surface area contributed by atoms with E-state index in [4.69, 9.17) is 10.5 Å². The first-order chi connectivity index (χ1) is 11.6. The molecule has 1 unspecified atom stereocenters. The third-order valence-electron chi connectivity index (χ3n) is 4.27. The molecule has 0 spiro atoms. The summed E-state index contributed by atoms with van der Waals surface area (Å²) < 4.78 is 5.25. The van der Waals surface area contributed by atoms with Crippen molar-refractivity contribution in [1.82, 2.24) is 9.88 Å². The summed E-state index contributed by atoms with van der Waals surface area (Å²) >= 11 is 0. The van der Waals surface area contributed by atoms with E-state index < -0.39 is 5.91 Å². The van der Waals surface area contributed by atoms with Crippen molar-refractivity contribution in [2.24, 2.45) is 5.73 Å². The lowest BCUT2D eigenvalue weighted by atomic mass is 10.1. The number of rotatable bonds is 5. The van der Waals surface area contributed by atoms with Crippen molar-refractivity contribution in [3.8, 4) is 5.75 Å². The molecule has 6 nitrogen and oxygen atoms in total. The zero-order valence-corrected chi connectivity index (χ0v) is 13.4. The van der Waals surface area contributed by atoms with Gasteiger partial charge in [0.2, 0.25) is 5.91 Å². The van der Waals surface area contributed by atoms with Crippen LogP contribution in [0, 0.1) is 0 Å². The molecule has 1 aliphatic carbocycles. The van der Waals surface area contributed by atoms with Crippen LogP contribution in [-0.2, 0) is 11.2 Å². The number of pyridine rings is 1. The number of aryl methyl sites for hydroxylation is 1. The molecule has 1 heterocycles. The average Bonchev–Trinajstić information content (AvgIpc) is 3.02. The molecule has 3 rings (SSSR count). The first-order valence-corrected chi connectivity index (χ1v) is 7.76. The normalized spacial score (nSPS) is 15.6. The number of amides is 2. The Morgan fingerprint density at radius 2 is 2.21 bits per heavy atom. The molecular weight excluding hydrogens is 306 g/mol. The SMILES string of the molecule is COc1ccc2c(c1)CCC2N(CC(N)=O)C(=O)c1cccnc1. The Kier molecular flexibility index (Phi) is 4.46. The molecule has 0 saturated carbocycles. The maximum atomic E-state index is 12.9. The van der Waals surface area contributed by atoms with Gasteiger partial charge < -0.3 is 15.4 Å². The molecule has 1 aromatic carbocycles. The van der Waals surface area contributed by atoms with Gasteiger partial charge in [0.1, 0.15) is 12.3 Å².